The van der Waals surface area contributed by atoms with Crippen LogP contribution in [0, 0.1) is 5.82 Å². The van der Waals surface area contributed by atoms with Crippen LogP contribution < -0.4 is 4.74 Å². The first kappa shape index (κ1) is 17.5. The minimum absolute atomic E-state index is 0.106. The smallest absolute Gasteiger partial charge is 0.261 e. The van der Waals surface area contributed by atoms with Gasteiger partial charge in [-0.3, -0.25) is 4.79 Å². The Bertz CT molecular complexity index is 918. The van der Waals surface area contributed by atoms with E-state index in [-0.39, 0.29) is 23.7 Å². The molecule has 6 nitrogen and oxygen atoms in total. The Morgan fingerprint density at radius 3 is 2.81 bits per heavy atom. The Kier molecular flexibility index (Phi) is 5.06. The van der Waals surface area contributed by atoms with Gasteiger partial charge in [-0.1, -0.05) is 18.2 Å². The lowest BCUT2D eigenvalue weighted by Crippen LogP contribution is -2.34. The van der Waals surface area contributed by atoms with Gasteiger partial charge in [0.25, 0.3) is 5.91 Å². The molecule has 0 unspecified atom stereocenters. The highest BCUT2D eigenvalue weighted by Gasteiger charge is 2.32. The molecule has 4 rings (SSSR count). The average molecular weight is 385 g/mol. The number of nitrogens with zero attached hydrogens (tertiary/aromatic N) is 3. The molecule has 1 aromatic heterocycles. The zero-order valence-corrected chi connectivity index (χ0v) is 15.1. The summed E-state index contributed by atoms with van der Waals surface area (Å²) in [5.41, 5.74) is 1.29. The maximum atomic E-state index is 14.1. The van der Waals surface area contributed by atoms with E-state index in [2.05, 4.69) is 10.2 Å². The van der Waals surface area contributed by atoms with E-state index in [1.165, 1.54) is 12.5 Å². The van der Waals surface area contributed by atoms with Crippen LogP contribution in [0.5, 0.6) is 5.75 Å². The zero-order valence-electron chi connectivity index (χ0n) is 14.2. The topological polar surface area (TPSA) is 68.5 Å². The fourth-order valence-electron chi connectivity index (χ4n) is 2.88. The summed E-state index contributed by atoms with van der Waals surface area (Å²) >= 11 is 1.55. The maximum Gasteiger partial charge on any atom is 0.261 e. The van der Waals surface area contributed by atoms with Crippen molar-refractivity contribution in [1.29, 1.82) is 0 Å². The molecule has 1 atom stereocenters. The molecule has 2 aromatic carbocycles. The van der Waals surface area contributed by atoms with Gasteiger partial charge >= 0.3 is 0 Å². The van der Waals surface area contributed by atoms with Crippen molar-refractivity contribution in [2.75, 3.05) is 18.9 Å². The van der Waals surface area contributed by atoms with Crippen molar-refractivity contribution in [3.05, 3.63) is 66.3 Å². The van der Waals surface area contributed by atoms with Gasteiger partial charge in [0.1, 0.15) is 16.9 Å². The second kappa shape index (κ2) is 7.79. The fourth-order valence-corrected chi connectivity index (χ4v) is 4.18. The Morgan fingerprint density at radius 2 is 2.07 bits per heavy atom. The molecule has 138 valence electrons. The van der Waals surface area contributed by atoms with Crippen LogP contribution in [0.4, 0.5) is 4.39 Å². The molecular weight excluding hydrogens is 369 g/mol. The molecule has 0 spiro atoms. The average Bonchev–Trinajstić information content (AvgIpc) is 3.39. The number of amides is 1. The molecule has 0 saturated carbocycles. The second-order valence-electron chi connectivity index (χ2n) is 5.89. The summed E-state index contributed by atoms with van der Waals surface area (Å²) < 4.78 is 24.8. The number of ether oxygens (including phenoxy) is 1. The number of hydrogen-bond donors (Lipinski definition) is 0. The van der Waals surface area contributed by atoms with Gasteiger partial charge in [-0.25, -0.2) is 4.39 Å². The lowest BCUT2D eigenvalue weighted by molar-refractivity contribution is -0.133. The van der Waals surface area contributed by atoms with Gasteiger partial charge in [0.15, 0.2) is 6.61 Å². The summed E-state index contributed by atoms with van der Waals surface area (Å²) in [6.07, 6.45) is 1.26. The van der Waals surface area contributed by atoms with Crippen LogP contribution in [-0.4, -0.2) is 39.9 Å². The summed E-state index contributed by atoms with van der Waals surface area (Å²) in [5, 5.41) is 7.15. The number of aromatic nitrogens is 2. The first-order chi connectivity index (χ1) is 13.2. The van der Waals surface area contributed by atoms with E-state index in [1.807, 2.05) is 0 Å². The van der Waals surface area contributed by atoms with Crippen molar-refractivity contribution in [2.45, 2.75) is 5.37 Å². The van der Waals surface area contributed by atoms with E-state index in [0.29, 0.717) is 23.7 Å². The molecule has 27 heavy (non-hydrogen) atoms. The van der Waals surface area contributed by atoms with Crippen molar-refractivity contribution < 1.29 is 18.3 Å². The SMILES string of the molecule is O=C(COc1ccc(-c2nnco2)cc1)N1CCS[C@H]1c1ccccc1F. The molecule has 0 bridgehead atoms. The Labute approximate surface area is 159 Å². The quantitative estimate of drug-likeness (QED) is 0.669. The van der Waals surface area contributed by atoms with Gasteiger partial charge in [0.05, 0.1) is 0 Å². The largest absolute Gasteiger partial charge is 0.484 e. The molecule has 2 heterocycles. The molecular formula is C19H16FN3O3S. The maximum absolute atomic E-state index is 14.1. The van der Waals surface area contributed by atoms with Crippen LogP contribution in [0.2, 0.25) is 0 Å². The summed E-state index contributed by atoms with van der Waals surface area (Å²) in [4.78, 5) is 14.3. The number of carbonyl (C=O) groups excluding carboxylic acids is 1. The van der Waals surface area contributed by atoms with E-state index in [0.717, 1.165) is 11.3 Å². The summed E-state index contributed by atoms with van der Waals surface area (Å²) in [6.45, 7) is 0.466. The van der Waals surface area contributed by atoms with Crippen molar-refractivity contribution >= 4 is 17.7 Å². The van der Waals surface area contributed by atoms with E-state index in [4.69, 9.17) is 9.15 Å². The third-order valence-electron chi connectivity index (χ3n) is 4.21. The Balaban J connectivity index is 1.39. The standard InChI is InChI=1S/C19H16FN3O3S/c20-16-4-2-1-3-15(16)19-23(9-10-27-19)17(24)11-25-14-7-5-13(6-8-14)18-22-21-12-26-18/h1-8,12,19H,9-11H2/t19-/m0/s1. The highest BCUT2D eigenvalue weighted by molar-refractivity contribution is 7.99. The number of rotatable bonds is 5. The summed E-state index contributed by atoms with van der Waals surface area (Å²) in [7, 11) is 0. The number of thioether (sulfide) groups is 1. The third kappa shape index (κ3) is 3.80. The van der Waals surface area contributed by atoms with Gasteiger partial charge in [-0.15, -0.1) is 22.0 Å². The minimum atomic E-state index is -0.317. The molecule has 1 aliphatic heterocycles. The van der Waals surface area contributed by atoms with Crippen LogP contribution in [0.15, 0.2) is 59.3 Å². The molecule has 1 fully saturated rings. The highest BCUT2D eigenvalue weighted by Crippen LogP contribution is 2.38. The van der Waals surface area contributed by atoms with E-state index >= 15 is 0 Å². The highest BCUT2D eigenvalue weighted by atomic mass is 32.2. The number of halogens is 1. The molecule has 1 amide bonds. The second-order valence-corrected chi connectivity index (χ2v) is 7.08. The first-order valence-corrected chi connectivity index (χ1v) is 9.42. The van der Waals surface area contributed by atoms with Crippen molar-refractivity contribution in [1.82, 2.24) is 15.1 Å². The van der Waals surface area contributed by atoms with Crippen LogP contribution in [0.3, 0.4) is 0 Å². The molecule has 0 aliphatic carbocycles. The Hall–Kier alpha value is -2.87. The number of carbonyl (C=O) groups is 1. The monoisotopic (exact) mass is 385 g/mol. The molecule has 8 heteroatoms. The predicted octanol–water partition coefficient (Wildman–Crippen LogP) is 3.53. The molecule has 1 saturated heterocycles. The van der Waals surface area contributed by atoms with Crippen LogP contribution >= 0.6 is 11.8 Å². The Morgan fingerprint density at radius 1 is 1.26 bits per heavy atom. The predicted molar refractivity (Wildman–Crippen MR) is 98.5 cm³/mol. The molecule has 0 N–H and O–H groups in total. The fraction of sp³-hybridized carbons (Fsp3) is 0.211. The summed E-state index contributed by atoms with van der Waals surface area (Å²) in [6, 6.07) is 13.6. The lowest BCUT2D eigenvalue weighted by atomic mass is 10.2. The van der Waals surface area contributed by atoms with Gasteiger partial charge < -0.3 is 14.1 Å². The zero-order chi connectivity index (χ0) is 18.6. The van der Waals surface area contributed by atoms with E-state index < -0.39 is 0 Å². The van der Waals surface area contributed by atoms with Crippen LogP contribution in [-0.2, 0) is 4.79 Å². The van der Waals surface area contributed by atoms with Gasteiger partial charge in [-0.2, -0.15) is 0 Å². The normalized spacial score (nSPS) is 16.5. The van der Waals surface area contributed by atoms with Crippen molar-refractivity contribution in [3.8, 4) is 17.2 Å². The lowest BCUT2D eigenvalue weighted by Gasteiger charge is -2.24. The van der Waals surface area contributed by atoms with E-state index in [9.17, 15) is 9.18 Å². The van der Waals surface area contributed by atoms with Crippen molar-refractivity contribution in [2.24, 2.45) is 0 Å². The number of benzene rings is 2. The first-order valence-electron chi connectivity index (χ1n) is 8.37. The van der Waals surface area contributed by atoms with Crippen LogP contribution in [0.25, 0.3) is 11.5 Å². The third-order valence-corrected chi connectivity index (χ3v) is 5.45. The molecule has 0 radical (unpaired) electrons. The van der Waals surface area contributed by atoms with Gasteiger partial charge in [-0.05, 0) is 30.3 Å². The van der Waals surface area contributed by atoms with Crippen molar-refractivity contribution in [3.63, 3.8) is 0 Å². The van der Waals surface area contributed by atoms with Gasteiger partial charge in [0.2, 0.25) is 12.3 Å². The van der Waals surface area contributed by atoms with Crippen LogP contribution in [0.1, 0.15) is 10.9 Å². The van der Waals surface area contributed by atoms with E-state index in [1.54, 1.807) is 59.1 Å². The summed E-state index contributed by atoms with van der Waals surface area (Å²) in [5.74, 6) is 1.27. The molecule has 3 aromatic rings. The molecule has 1 aliphatic rings. The van der Waals surface area contributed by atoms with Gasteiger partial charge in [0, 0.05) is 23.4 Å². The minimum Gasteiger partial charge on any atom is -0.484 e. The number of hydrogen-bond acceptors (Lipinski definition) is 6.